The lowest BCUT2D eigenvalue weighted by Crippen LogP contribution is -2.37. The van der Waals surface area contributed by atoms with Crippen LogP contribution in [0.1, 0.15) is 15.9 Å². The first-order valence-corrected chi connectivity index (χ1v) is 8.89. The topological polar surface area (TPSA) is 122 Å². The zero-order valence-corrected chi connectivity index (χ0v) is 15.8. The van der Waals surface area contributed by atoms with Gasteiger partial charge in [-0.15, -0.1) is 0 Å². The smallest absolute Gasteiger partial charge is 0.322 e. The number of hydrogen-bond donors (Lipinski definition) is 3. The van der Waals surface area contributed by atoms with Crippen LogP contribution in [-0.4, -0.2) is 38.4 Å². The van der Waals surface area contributed by atoms with Crippen molar-refractivity contribution < 1.29 is 19.8 Å². The van der Waals surface area contributed by atoms with Gasteiger partial charge in [-0.3, -0.25) is 14.4 Å². The molecule has 0 aliphatic rings. The average Bonchev–Trinajstić information content (AvgIpc) is 2.70. The molecule has 0 saturated carbocycles. The molecule has 0 unspecified atom stereocenters. The predicted octanol–water partition coefficient (Wildman–Crippen LogP) is 2.13. The summed E-state index contributed by atoms with van der Waals surface area (Å²) in [4.78, 5) is 36.1. The molecule has 0 bridgehead atoms. The lowest BCUT2D eigenvalue weighted by molar-refractivity contribution is -0.135. The fourth-order valence-electron chi connectivity index (χ4n) is 2.70. The zero-order valence-electron chi connectivity index (χ0n) is 15.0. The largest absolute Gasteiger partial charge is 0.505 e. The Hall–Kier alpha value is -3.65. The third-order valence-electron chi connectivity index (χ3n) is 4.08. The number of carbonyl (C=O) groups excluding carboxylic acids is 1. The third-order valence-corrected chi connectivity index (χ3v) is 4.45. The minimum absolute atomic E-state index is 0.0118. The van der Waals surface area contributed by atoms with Crippen molar-refractivity contribution in [2.45, 2.75) is 6.54 Å². The van der Waals surface area contributed by atoms with Crippen LogP contribution in [0.2, 0.25) is 5.02 Å². The molecule has 3 N–H and O–H groups in total. The number of amides is 1. The van der Waals surface area contributed by atoms with Gasteiger partial charge in [-0.1, -0.05) is 60.1 Å². The van der Waals surface area contributed by atoms with Crippen LogP contribution in [0.15, 0.2) is 59.4 Å². The van der Waals surface area contributed by atoms with Gasteiger partial charge in [0.25, 0.3) is 11.5 Å². The quantitative estimate of drug-likeness (QED) is 0.569. The Morgan fingerprint density at radius 3 is 2.38 bits per heavy atom. The molecule has 0 fully saturated rings. The summed E-state index contributed by atoms with van der Waals surface area (Å²) >= 11 is 6.16. The van der Waals surface area contributed by atoms with Crippen LogP contribution in [0.4, 0.5) is 0 Å². The van der Waals surface area contributed by atoms with E-state index in [0.717, 1.165) is 4.68 Å². The van der Waals surface area contributed by atoms with Gasteiger partial charge < -0.3 is 15.5 Å². The molecule has 148 valence electrons. The number of carboxylic acid groups (broad SMARTS) is 1. The molecule has 3 rings (SSSR count). The highest BCUT2D eigenvalue weighted by Crippen LogP contribution is 2.28. The number of carboxylic acids is 1. The van der Waals surface area contributed by atoms with Crippen molar-refractivity contribution in [3.8, 4) is 17.0 Å². The van der Waals surface area contributed by atoms with E-state index in [9.17, 15) is 19.5 Å². The molecule has 8 nitrogen and oxygen atoms in total. The van der Waals surface area contributed by atoms with Gasteiger partial charge in [0, 0.05) is 10.6 Å². The summed E-state index contributed by atoms with van der Waals surface area (Å²) in [6, 6.07) is 15.3. The summed E-state index contributed by atoms with van der Waals surface area (Å²) in [5.74, 6) is -2.92. The van der Waals surface area contributed by atoms with E-state index < -0.39 is 35.3 Å². The first-order chi connectivity index (χ1) is 13.9. The van der Waals surface area contributed by atoms with Gasteiger partial charge in [0.15, 0.2) is 11.3 Å². The van der Waals surface area contributed by atoms with Crippen molar-refractivity contribution in [3.63, 3.8) is 0 Å². The van der Waals surface area contributed by atoms with E-state index in [4.69, 9.17) is 16.7 Å². The monoisotopic (exact) mass is 413 g/mol. The molecule has 0 saturated heterocycles. The Kier molecular flexibility index (Phi) is 5.94. The number of nitrogens with zero attached hydrogens (tertiary/aromatic N) is 2. The molecule has 0 atom stereocenters. The van der Waals surface area contributed by atoms with Crippen LogP contribution >= 0.6 is 11.6 Å². The highest BCUT2D eigenvalue weighted by Gasteiger charge is 2.24. The highest BCUT2D eigenvalue weighted by atomic mass is 35.5. The Morgan fingerprint density at radius 2 is 1.72 bits per heavy atom. The van der Waals surface area contributed by atoms with Gasteiger partial charge in [0.1, 0.15) is 12.2 Å². The van der Waals surface area contributed by atoms with Crippen molar-refractivity contribution in [3.05, 3.63) is 81.1 Å². The van der Waals surface area contributed by atoms with Crippen molar-refractivity contribution >= 4 is 23.5 Å². The fraction of sp³-hybridized carbons (Fsp3) is 0.100. The molecule has 1 aromatic heterocycles. The van der Waals surface area contributed by atoms with Gasteiger partial charge in [-0.05, 0) is 11.6 Å². The molecule has 29 heavy (non-hydrogen) atoms. The summed E-state index contributed by atoms with van der Waals surface area (Å²) in [5.41, 5.74) is -0.384. The van der Waals surface area contributed by atoms with Crippen LogP contribution < -0.4 is 10.9 Å². The lowest BCUT2D eigenvalue weighted by atomic mass is 10.1. The molecule has 2 aromatic carbocycles. The maximum Gasteiger partial charge on any atom is 0.322 e. The molecule has 0 radical (unpaired) electrons. The van der Waals surface area contributed by atoms with Gasteiger partial charge in [0.2, 0.25) is 0 Å². The molecule has 0 aliphatic heterocycles. The number of rotatable bonds is 6. The number of hydrogen-bond acceptors (Lipinski definition) is 5. The van der Waals surface area contributed by atoms with Crippen molar-refractivity contribution in [1.29, 1.82) is 0 Å². The van der Waals surface area contributed by atoms with Gasteiger partial charge in [-0.2, -0.15) is 5.10 Å². The van der Waals surface area contributed by atoms with Gasteiger partial charge in [-0.25, -0.2) is 4.68 Å². The number of halogens is 1. The van der Waals surface area contributed by atoms with E-state index in [1.165, 1.54) is 0 Å². The van der Waals surface area contributed by atoms with E-state index in [1.54, 1.807) is 54.6 Å². The maximum absolute atomic E-state index is 12.9. The number of aliphatic carboxylic acids is 1. The molecule has 9 heteroatoms. The lowest BCUT2D eigenvalue weighted by Gasteiger charge is -2.14. The first kappa shape index (κ1) is 20.1. The normalized spacial score (nSPS) is 10.5. The second-order valence-corrected chi connectivity index (χ2v) is 6.48. The Balaban J connectivity index is 2.16. The number of carbonyl (C=O) groups is 2. The summed E-state index contributed by atoms with van der Waals surface area (Å²) in [6.45, 7) is -0.747. The van der Waals surface area contributed by atoms with Crippen LogP contribution in [0.5, 0.6) is 5.75 Å². The number of aromatic nitrogens is 2. The predicted molar refractivity (Wildman–Crippen MR) is 106 cm³/mol. The van der Waals surface area contributed by atoms with Crippen molar-refractivity contribution in [2.75, 3.05) is 6.54 Å². The van der Waals surface area contributed by atoms with Crippen LogP contribution in [0.3, 0.4) is 0 Å². The maximum atomic E-state index is 12.9. The van der Waals surface area contributed by atoms with Crippen LogP contribution in [0.25, 0.3) is 11.3 Å². The molecular formula is C20H16ClN3O5. The minimum Gasteiger partial charge on any atom is -0.505 e. The Labute approximate surface area is 170 Å². The molecule has 0 aliphatic carbocycles. The fourth-order valence-corrected chi connectivity index (χ4v) is 2.89. The van der Waals surface area contributed by atoms with E-state index in [2.05, 4.69) is 10.4 Å². The SMILES string of the molecule is O=C(O)CNC(=O)c1c(O)c(-c2ccccc2)nn(Cc2ccccc2Cl)c1=O. The molecule has 1 heterocycles. The number of aromatic hydroxyl groups is 1. The molecule has 0 spiro atoms. The Morgan fingerprint density at radius 1 is 1.07 bits per heavy atom. The van der Waals surface area contributed by atoms with Crippen LogP contribution in [-0.2, 0) is 11.3 Å². The molecule has 3 aromatic rings. The van der Waals surface area contributed by atoms with E-state index in [-0.39, 0.29) is 12.2 Å². The van der Waals surface area contributed by atoms with E-state index in [1.807, 2.05) is 0 Å². The van der Waals surface area contributed by atoms with Gasteiger partial charge >= 0.3 is 5.97 Å². The third kappa shape index (κ3) is 4.44. The van der Waals surface area contributed by atoms with E-state index >= 15 is 0 Å². The summed E-state index contributed by atoms with van der Waals surface area (Å²) in [5, 5.41) is 26.1. The second kappa shape index (κ2) is 8.57. The highest BCUT2D eigenvalue weighted by molar-refractivity contribution is 6.31. The van der Waals surface area contributed by atoms with Crippen LogP contribution in [0, 0.1) is 0 Å². The number of benzene rings is 2. The summed E-state index contributed by atoms with van der Waals surface area (Å²) in [6.07, 6.45) is 0. The van der Waals surface area contributed by atoms with Crippen molar-refractivity contribution in [1.82, 2.24) is 15.1 Å². The minimum atomic E-state index is -1.29. The second-order valence-electron chi connectivity index (χ2n) is 6.07. The standard InChI is InChI=1S/C20H16ClN3O5/c21-14-9-5-4-8-13(14)11-24-20(29)16(19(28)22-10-15(25)26)18(27)17(23-24)12-6-2-1-3-7-12/h1-9,27H,10-11H2,(H,22,28)(H,25,26). The Bertz CT molecular complexity index is 1130. The molecule has 1 amide bonds. The zero-order chi connectivity index (χ0) is 21.0. The summed E-state index contributed by atoms with van der Waals surface area (Å²) in [7, 11) is 0. The first-order valence-electron chi connectivity index (χ1n) is 8.51. The van der Waals surface area contributed by atoms with Crippen molar-refractivity contribution in [2.24, 2.45) is 0 Å². The summed E-state index contributed by atoms with van der Waals surface area (Å²) < 4.78 is 1.01. The van der Waals surface area contributed by atoms with E-state index in [0.29, 0.717) is 16.1 Å². The average molecular weight is 414 g/mol. The van der Waals surface area contributed by atoms with Gasteiger partial charge in [0.05, 0.1) is 6.54 Å². The number of nitrogens with one attached hydrogen (secondary N) is 1. The molecular weight excluding hydrogens is 398 g/mol.